The van der Waals surface area contributed by atoms with Crippen LogP contribution in [-0.2, 0) is 4.79 Å². The lowest BCUT2D eigenvalue weighted by Gasteiger charge is -2.02. The lowest BCUT2D eigenvalue weighted by Crippen LogP contribution is -2.12. The van der Waals surface area contributed by atoms with Crippen molar-refractivity contribution in [2.45, 2.75) is 9.26 Å². The Morgan fingerprint density at radius 3 is 1.86 bits per heavy atom. The van der Waals surface area contributed by atoms with E-state index in [0.29, 0.717) is 0 Å². The predicted octanol–water partition coefficient (Wildman–Crippen LogP) is 2.14. The van der Waals surface area contributed by atoms with Gasteiger partial charge in [-0.25, -0.2) is 0 Å². The van der Waals surface area contributed by atoms with Gasteiger partial charge in [-0.1, -0.05) is 23.2 Å². The number of rotatable bonds is 1. The van der Waals surface area contributed by atoms with E-state index in [9.17, 15) is 4.79 Å². The van der Waals surface area contributed by atoms with Crippen molar-refractivity contribution in [1.29, 1.82) is 0 Å². The van der Waals surface area contributed by atoms with E-state index in [1.165, 1.54) is 6.92 Å². The molecular formula is C3H3Cl2IO. The van der Waals surface area contributed by atoms with Crippen LogP contribution < -0.4 is 0 Å². The minimum atomic E-state index is -1.22. The Hall–Kier alpha value is 0.980. The van der Waals surface area contributed by atoms with Crippen molar-refractivity contribution < 1.29 is 4.79 Å². The molecule has 0 fully saturated rings. The molecule has 0 saturated carbocycles. The van der Waals surface area contributed by atoms with E-state index in [-0.39, 0.29) is 5.78 Å². The van der Waals surface area contributed by atoms with E-state index in [1.807, 2.05) is 0 Å². The average molecular weight is 253 g/mol. The standard InChI is InChI=1S/C3H3Cl2IO/c1-2(7)3(4,5)6/h1H3. The number of hydrogen-bond acceptors (Lipinski definition) is 1. The minimum Gasteiger partial charge on any atom is -0.296 e. The third-order valence-corrected chi connectivity index (χ3v) is 1.69. The first-order chi connectivity index (χ1) is 2.94. The summed E-state index contributed by atoms with van der Waals surface area (Å²) in [5.41, 5.74) is 0. The molecule has 0 amide bonds. The summed E-state index contributed by atoms with van der Waals surface area (Å²) >= 11 is 12.2. The maximum absolute atomic E-state index is 10.2. The fraction of sp³-hybridized carbons (Fsp3) is 0.667. The summed E-state index contributed by atoms with van der Waals surface area (Å²) < 4.78 is -1.22. The molecule has 0 unspecified atom stereocenters. The van der Waals surface area contributed by atoms with Crippen molar-refractivity contribution >= 4 is 51.6 Å². The molecule has 0 N–H and O–H groups in total. The number of halogens is 3. The molecule has 0 aromatic carbocycles. The molecule has 42 valence electrons. The Balaban J connectivity index is 3.79. The molecule has 0 atom stereocenters. The normalized spacial score (nSPS) is 11.4. The number of Topliss-reactive ketones (excluding diaryl/α,β-unsaturated/α-hetero) is 1. The third kappa shape index (κ3) is 3.55. The summed E-state index contributed by atoms with van der Waals surface area (Å²) in [5.74, 6) is -0.239. The first kappa shape index (κ1) is 7.98. The van der Waals surface area contributed by atoms with Crippen LogP contribution in [0.25, 0.3) is 0 Å². The van der Waals surface area contributed by atoms with Crippen molar-refractivity contribution in [3.63, 3.8) is 0 Å². The van der Waals surface area contributed by atoms with Crippen LogP contribution in [0.3, 0.4) is 0 Å². The quantitative estimate of drug-likeness (QED) is 0.516. The summed E-state index contributed by atoms with van der Waals surface area (Å²) in [6, 6.07) is 0. The molecule has 1 nitrogen and oxygen atoms in total. The lowest BCUT2D eigenvalue weighted by atomic mass is 10.5. The largest absolute Gasteiger partial charge is 0.296 e. The Kier molecular flexibility index (Phi) is 2.86. The molecule has 0 aliphatic heterocycles. The average Bonchev–Trinajstić information content (AvgIpc) is 1.31. The molecule has 0 radical (unpaired) electrons. The second kappa shape index (κ2) is 2.51. The van der Waals surface area contributed by atoms with Crippen LogP contribution in [-0.4, -0.2) is 8.12 Å². The first-order valence-corrected chi connectivity index (χ1v) is 3.36. The Morgan fingerprint density at radius 1 is 1.71 bits per heavy atom. The molecule has 0 aromatic rings. The molecule has 0 rings (SSSR count). The van der Waals surface area contributed by atoms with Gasteiger partial charge in [0, 0.05) is 0 Å². The third-order valence-electron chi connectivity index (χ3n) is 0.399. The highest BCUT2D eigenvalue weighted by Crippen LogP contribution is 2.29. The molecule has 0 aromatic heterocycles. The van der Waals surface area contributed by atoms with Gasteiger partial charge in [0.15, 0.2) is 5.78 Å². The molecule has 0 spiro atoms. The van der Waals surface area contributed by atoms with Gasteiger partial charge in [0.1, 0.15) is 0 Å². The van der Waals surface area contributed by atoms with Gasteiger partial charge >= 0.3 is 0 Å². The molecule has 0 aliphatic rings. The summed E-state index contributed by atoms with van der Waals surface area (Å²) in [5, 5.41) is 0. The van der Waals surface area contributed by atoms with Crippen LogP contribution in [0.2, 0.25) is 0 Å². The van der Waals surface area contributed by atoms with Gasteiger partial charge in [0.05, 0.1) is 0 Å². The molecule has 0 heterocycles. The number of carbonyl (C=O) groups excluding carboxylic acids is 1. The lowest BCUT2D eigenvalue weighted by molar-refractivity contribution is -0.115. The van der Waals surface area contributed by atoms with E-state index in [0.717, 1.165) is 0 Å². The van der Waals surface area contributed by atoms with E-state index < -0.39 is 2.34 Å². The zero-order chi connectivity index (χ0) is 6.08. The van der Waals surface area contributed by atoms with Crippen LogP contribution in [0.4, 0.5) is 0 Å². The zero-order valence-corrected chi connectivity index (χ0v) is 7.21. The second-order valence-corrected chi connectivity index (χ2v) is 5.27. The molecule has 0 aliphatic carbocycles. The highest BCUT2D eigenvalue weighted by atomic mass is 127. The van der Waals surface area contributed by atoms with Gasteiger partial charge in [-0.2, -0.15) is 0 Å². The smallest absolute Gasteiger partial charge is 0.225 e. The van der Waals surface area contributed by atoms with Crippen molar-refractivity contribution in [1.82, 2.24) is 0 Å². The zero-order valence-electron chi connectivity index (χ0n) is 3.54. The fourth-order valence-corrected chi connectivity index (χ4v) is 0. The van der Waals surface area contributed by atoms with Crippen molar-refractivity contribution in [2.75, 3.05) is 0 Å². The number of alkyl halides is 3. The van der Waals surface area contributed by atoms with Crippen LogP contribution >= 0.6 is 45.8 Å². The highest BCUT2D eigenvalue weighted by Gasteiger charge is 2.24. The SMILES string of the molecule is CC(=O)C(Cl)(Cl)I. The summed E-state index contributed by atoms with van der Waals surface area (Å²) in [7, 11) is 0. The van der Waals surface area contributed by atoms with Crippen LogP contribution in [0, 0.1) is 0 Å². The maximum Gasteiger partial charge on any atom is 0.225 e. The van der Waals surface area contributed by atoms with Gasteiger partial charge in [0.25, 0.3) is 0 Å². The number of ketones is 1. The Labute approximate surface area is 65.5 Å². The van der Waals surface area contributed by atoms with Gasteiger partial charge in [-0.05, 0) is 29.5 Å². The Bertz CT molecular complexity index is 85.4. The molecule has 0 saturated heterocycles. The topological polar surface area (TPSA) is 17.1 Å². The summed E-state index contributed by atoms with van der Waals surface area (Å²) in [6.07, 6.45) is 0. The molecule has 4 heteroatoms. The number of carbonyl (C=O) groups is 1. The van der Waals surface area contributed by atoms with Crippen molar-refractivity contribution in [2.24, 2.45) is 0 Å². The van der Waals surface area contributed by atoms with E-state index in [2.05, 4.69) is 0 Å². The maximum atomic E-state index is 10.2. The molecule has 7 heavy (non-hydrogen) atoms. The van der Waals surface area contributed by atoms with Gasteiger partial charge in [-0.15, -0.1) is 0 Å². The summed E-state index contributed by atoms with van der Waals surface area (Å²) in [6.45, 7) is 1.34. The van der Waals surface area contributed by atoms with Crippen LogP contribution in [0.5, 0.6) is 0 Å². The van der Waals surface area contributed by atoms with E-state index in [4.69, 9.17) is 23.2 Å². The monoisotopic (exact) mass is 252 g/mol. The van der Waals surface area contributed by atoms with E-state index >= 15 is 0 Å². The van der Waals surface area contributed by atoms with Gasteiger partial charge < -0.3 is 0 Å². The fourth-order valence-electron chi connectivity index (χ4n) is 0. The van der Waals surface area contributed by atoms with Gasteiger partial charge in [0.2, 0.25) is 2.34 Å². The Morgan fingerprint density at radius 2 is 1.86 bits per heavy atom. The van der Waals surface area contributed by atoms with Crippen LogP contribution in [0.1, 0.15) is 6.92 Å². The molecule has 0 bridgehead atoms. The van der Waals surface area contributed by atoms with Crippen molar-refractivity contribution in [3.8, 4) is 0 Å². The summed E-state index contributed by atoms with van der Waals surface area (Å²) in [4.78, 5) is 10.2. The predicted molar refractivity (Wildman–Crippen MR) is 39.1 cm³/mol. The van der Waals surface area contributed by atoms with Gasteiger partial charge in [-0.3, -0.25) is 4.79 Å². The highest BCUT2D eigenvalue weighted by molar-refractivity contribution is 14.1. The van der Waals surface area contributed by atoms with E-state index in [1.54, 1.807) is 22.6 Å². The second-order valence-electron chi connectivity index (χ2n) is 1.05. The minimum absolute atomic E-state index is 0.239. The first-order valence-electron chi connectivity index (χ1n) is 1.52. The van der Waals surface area contributed by atoms with Crippen molar-refractivity contribution in [3.05, 3.63) is 0 Å². The molecular weight excluding hydrogens is 250 g/mol. The number of hydrogen-bond donors (Lipinski definition) is 0. The van der Waals surface area contributed by atoms with Crippen LogP contribution in [0.15, 0.2) is 0 Å².